The van der Waals surface area contributed by atoms with E-state index >= 15 is 0 Å². The number of rotatable bonds is 4. The van der Waals surface area contributed by atoms with Gasteiger partial charge in [-0.1, -0.05) is 0 Å². The highest BCUT2D eigenvalue weighted by atomic mass is 19.1. The van der Waals surface area contributed by atoms with Gasteiger partial charge in [-0.3, -0.25) is 0 Å². The molecule has 0 fully saturated rings. The Bertz CT molecular complexity index is 581. The van der Waals surface area contributed by atoms with Crippen molar-refractivity contribution in [1.82, 2.24) is 14.8 Å². The van der Waals surface area contributed by atoms with Gasteiger partial charge in [0.2, 0.25) is 0 Å². The van der Waals surface area contributed by atoms with Crippen LogP contribution >= 0.6 is 0 Å². The average Bonchev–Trinajstić information content (AvgIpc) is 2.67. The summed E-state index contributed by atoms with van der Waals surface area (Å²) in [6.07, 6.45) is -0.725. The van der Waals surface area contributed by atoms with E-state index in [4.69, 9.17) is 4.74 Å². The van der Waals surface area contributed by atoms with E-state index in [1.54, 1.807) is 11.5 Å². The molecular formula is C13H16FN3O2. The number of ether oxygens (including phenoxy) is 1. The Hall–Kier alpha value is -1.95. The molecule has 0 bridgehead atoms. The van der Waals surface area contributed by atoms with Crippen LogP contribution in [0.4, 0.5) is 4.39 Å². The first-order valence-electron chi connectivity index (χ1n) is 5.94. The second-order valence-corrected chi connectivity index (χ2v) is 4.37. The molecule has 1 aromatic carbocycles. The fourth-order valence-electron chi connectivity index (χ4n) is 1.70. The summed E-state index contributed by atoms with van der Waals surface area (Å²) in [6.45, 7) is 3.60. The van der Waals surface area contributed by atoms with E-state index in [1.165, 1.54) is 18.2 Å². The Labute approximate surface area is 110 Å². The van der Waals surface area contributed by atoms with Gasteiger partial charge in [0, 0.05) is 18.7 Å². The number of aliphatic hydroxyl groups is 1. The smallest absolute Gasteiger partial charge is 0.170 e. The third-order valence-electron chi connectivity index (χ3n) is 2.97. The van der Waals surface area contributed by atoms with E-state index in [0.29, 0.717) is 17.1 Å². The lowest BCUT2D eigenvalue weighted by molar-refractivity contribution is 0.189. The molecule has 0 radical (unpaired) electrons. The summed E-state index contributed by atoms with van der Waals surface area (Å²) in [5.41, 5.74) is 0.542. The fraction of sp³-hybridized carbons (Fsp3) is 0.385. The Kier molecular flexibility index (Phi) is 3.80. The van der Waals surface area contributed by atoms with E-state index < -0.39 is 11.9 Å². The molecule has 0 aliphatic carbocycles. The van der Waals surface area contributed by atoms with Crippen LogP contribution in [-0.2, 0) is 13.7 Å². The highest BCUT2D eigenvalue weighted by Crippen LogP contribution is 2.26. The highest BCUT2D eigenvalue weighted by molar-refractivity contribution is 5.35. The number of hydrogen-bond donors (Lipinski definition) is 1. The SMILES string of the molecule is Cc1nnc(COc2cc(F)ccc2[C@@H](C)O)n1C. The van der Waals surface area contributed by atoms with E-state index in [9.17, 15) is 9.50 Å². The minimum atomic E-state index is -0.725. The lowest BCUT2D eigenvalue weighted by Gasteiger charge is -2.13. The summed E-state index contributed by atoms with van der Waals surface area (Å²) in [7, 11) is 1.83. The molecule has 19 heavy (non-hydrogen) atoms. The maximum atomic E-state index is 13.2. The summed E-state index contributed by atoms with van der Waals surface area (Å²) < 4.78 is 20.6. The molecular weight excluding hydrogens is 249 g/mol. The predicted octanol–water partition coefficient (Wildman–Crippen LogP) is 1.89. The molecule has 2 rings (SSSR count). The van der Waals surface area contributed by atoms with Gasteiger partial charge in [0.05, 0.1) is 6.10 Å². The molecule has 0 unspecified atom stereocenters. The molecule has 0 amide bonds. The van der Waals surface area contributed by atoms with Crippen LogP contribution in [-0.4, -0.2) is 19.9 Å². The molecule has 6 heteroatoms. The van der Waals surface area contributed by atoms with Crippen LogP contribution in [0, 0.1) is 12.7 Å². The molecule has 5 nitrogen and oxygen atoms in total. The molecule has 2 aromatic rings. The normalized spacial score (nSPS) is 12.5. The number of aromatic nitrogens is 3. The Balaban J connectivity index is 2.19. The first-order valence-corrected chi connectivity index (χ1v) is 5.94. The van der Waals surface area contributed by atoms with E-state index in [-0.39, 0.29) is 6.61 Å². The van der Waals surface area contributed by atoms with E-state index in [0.717, 1.165) is 5.82 Å². The quantitative estimate of drug-likeness (QED) is 0.917. The molecule has 0 aliphatic rings. The number of aliphatic hydroxyl groups excluding tert-OH is 1. The molecule has 1 aromatic heterocycles. The van der Waals surface area contributed by atoms with Gasteiger partial charge in [-0.2, -0.15) is 0 Å². The monoisotopic (exact) mass is 265 g/mol. The van der Waals surface area contributed by atoms with Crippen molar-refractivity contribution < 1.29 is 14.2 Å². The zero-order valence-electron chi connectivity index (χ0n) is 11.1. The first-order chi connectivity index (χ1) is 8.99. The van der Waals surface area contributed by atoms with Crippen LogP contribution < -0.4 is 4.74 Å². The minimum absolute atomic E-state index is 0.167. The number of hydrogen-bond acceptors (Lipinski definition) is 4. The molecule has 0 saturated heterocycles. The first kappa shape index (κ1) is 13.5. The average molecular weight is 265 g/mol. The predicted molar refractivity (Wildman–Crippen MR) is 67.1 cm³/mol. The second-order valence-electron chi connectivity index (χ2n) is 4.37. The van der Waals surface area contributed by atoms with Crippen LogP contribution in [0.15, 0.2) is 18.2 Å². The second kappa shape index (κ2) is 5.36. The third kappa shape index (κ3) is 2.90. The lowest BCUT2D eigenvalue weighted by atomic mass is 10.1. The van der Waals surface area contributed by atoms with Gasteiger partial charge in [0.15, 0.2) is 5.82 Å². The van der Waals surface area contributed by atoms with Crippen molar-refractivity contribution in [2.24, 2.45) is 7.05 Å². The highest BCUT2D eigenvalue weighted by Gasteiger charge is 2.12. The van der Waals surface area contributed by atoms with Gasteiger partial charge in [-0.05, 0) is 26.0 Å². The van der Waals surface area contributed by atoms with Crippen LogP contribution in [0.5, 0.6) is 5.75 Å². The Morgan fingerprint density at radius 1 is 1.42 bits per heavy atom. The van der Waals surface area contributed by atoms with Crippen molar-refractivity contribution in [3.05, 3.63) is 41.2 Å². The van der Waals surface area contributed by atoms with E-state index in [1.807, 2.05) is 14.0 Å². The van der Waals surface area contributed by atoms with Crippen molar-refractivity contribution in [2.75, 3.05) is 0 Å². The van der Waals surface area contributed by atoms with Crippen molar-refractivity contribution in [3.63, 3.8) is 0 Å². The largest absolute Gasteiger partial charge is 0.485 e. The molecule has 1 heterocycles. The Morgan fingerprint density at radius 3 is 2.74 bits per heavy atom. The van der Waals surface area contributed by atoms with Crippen LogP contribution in [0.25, 0.3) is 0 Å². The van der Waals surface area contributed by atoms with Gasteiger partial charge in [-0.25, -0.2) is 4.39 Å². The standard InChI is InChI=1S/C13H16FN3O2/c1-8(18)11-5-4-10(14)6-12(11)19-7-13-16-15-9(2)17(13)3/h4-6,8,18H,7H2,1-3H3/t8-/m1/s1. The topological polar surface area (TPSA) is 60.2 Å². The number of benzene rings is 1. The van der Waals surface area contributed by atoms with Gasteiger partial charge in [0.1, 0.15) is 24.0 Å². The minimum Gasteiger partial charge on any atom is -0.485 e. The molecule has 0 aliphatic heterocycles. The zero-order valence-corrected chi connectivity index (χ0v) is 11.1. The van der Waals surface area contributed by atoms with Crippen LogP contribution in [0.2, 0.25) is 0 Å². The number of halogens is 1. The molecule has 102 valence electrons. The molecule has 0 saturated carbocycles. The maximum absolute atomic E-state index is 13.2. The van der Waals surface area contributed by atoms with Gasteiger partial charge >= 0.3 is 0 Å². The molecule has 1 N–H and O–H groups in total. The lowest BCUT2D eigenvalue weighted by Crippen LogP contribution is -2.06. The summed E-state index contributed by atoms with van der Waals surface area (Å²) in [6, 6.07) is 4.06. The molecule has 1 atom stereocenters. The van der Waals surface area contributed by atoms with E-state index in [2.05, 4.69) is 10.2 Å². The summed E-state index contributed by atoms with van der Waals surface area (Å²) in [5.74, 6) is 1.32. The van der Waals surface area contributed by atoms with Crippen molar-refractivity contribution in [2.45, 2.75) is 26.6 Å². The van der Waals surface area contributed by atoms with Gasteiger partial charge in [-0.15, -0.1) is 10.2 Å². The number of nitrogens with zero attached hydrogens (tertiary/aromatic N) is 3. The molecule has 0 spiro atoms. The Morgan fingerprint density at radius 2 is 2.16 bits per heavy atom. The summed E-state index contributed by atoms with van der Waals surface area (Å²) in [5, 5.41) is 17.5. The van der Waals surface area contributed by atoms with Crippen molar-refractivity contribution in [3.8, 4) is 5.75 Å². The van der Waals surface area contributed by atoms with Crippen LogP contribution in [0.1, 0.15) is 30.2 Å². The van der Waals surface area contributed by atoms with Crippen molar-refractivity contribution >= 4 is 0 Å². The number of aryl methyl sites for hydroxylation is 1. The summed E-state index contributed by atoms with van der Waals surface area (Å²) >= 11 is 0. The third-order valence-corrected chi connectivity index (χ3v) is 2.97. The zero-order chi connectivity index (χ0) is 14.0. The van der Waals surface area contributed by atoms with Crippen molar-refractivity contribution in [1.29, 1.82) is 0 Å². The fourth-order valence-corrected chi connectivity index (χ4v) is 1.70. The summed E-state index contributed by atoms with van der Waals surface area (Å²) in [4.78, 5) is 0. The van der Waals surface area contributed by atoms with Crippen LogP contribution in [0.3, 0.4) is 0 Å². The maximum Gasteiger partial charge on any atom is 0.170 e. The van der Waals surface area contributed by atoms with Gasteiger partial charge < -0.3 is 14.4 Å². The van der Waals surface area contributed by atoms with Gasteiger partial charge in [0.25, 0.3) is 0 Å².